The first-order valence-electron chi connectivity index (χ1n) is 7.29. The maximum absolute atomic E-state index is 4.46. The summed E-state index contributed by atoms with van der Waals surface area (Å²) < 4.78 is 0. The third-order valence-corrected chi connectivity index (χ3v) is 5.49. The highest BCUT2D eigenvalue weighted by Crippen LogP contribution is 2.45. The van der Waals surface area contributed by atoms with Gasteiger partial charge in [-0.3, -0.25) is 4.99 Å². The molecular weight excluding hydrogens is 254 g/mol. The van der Waals surface area contributed by atoms with E-state index in [1.807, 2.05) is 7.05 Å². The van der Waals surface area contributed by atoms with E-state index in [-0.39, 0.29) is 0 Å². The maximum Gasteiger partial charge on any atom is 0.193 e. The molecule has 0 atom stereocenters. The molecule has 1 aliphatic heterocycles. The van der Waals surface area contributed by atoms with Crippen LogP contribution in [-0.4, -0.2) is 31.0 Å². The summed E-state index contributed by atoms with van der Waals surface area (Å²) in [5.41, 5.74) is 0.612. The molecule has 2 aliphatic rings. The van der Waals surface area contributed by atoms with Gasteiger partial charge in [-0.25, -0.2) is 0 Å². The minimum atomic E-state index is 0.612. The predicted octanol–water partition coefficient (Wildman–Crippen LogP) is 3.09. The number of hydrogen-bond acceptors (Lipinski definition) is 2. The summed E-state index contributed by atoms with van der Waals surface area (Å²) in [4.78, 5) is 8.29. The number of nitrogens with one attached hydrogen (secondary N) is 1. The van der Waals surface area contributed by atoms with Gasteiger partial charge in [-0.1, -0.05) is 18.9 Å². The second-order valence-corrected chi connectivity index (χ2v) is 6.89. The molecular formula is C15H23N3S. The highest BCUT2D eigenvalue weighted by atomic mass is 32.1. The quantitative estimate of drug-likeness (QED) is 0.664. The zero-order chi connectivity index (χ0) is 13.1. The first-order valence-corrected chi connectivity index (χ1v) is 8.17. The van der Waals surface area contributed by atoms with Crippen molar-refractivity contribution >= 4 is 17.3 Å². The van der Waals surface area contributed by atoms with Crippen molar-refractivity contribution in [2.75, 3.05) is 20.1 Å². The van der Waals surface area contributed by atoms with Crippen molar-refractivity contribution in [3.63, 3.8) is 0 Å². The van der Waals surface area contributed by atoms with Crippen LogP contribution < -0.4 is 5.32 Å². The Hall–Kier alpha value is -1.03. The molecule has 1 spiro atoms. The van der Waals surface area contributed by atoms with Gasteiger partial charge >= 0.3 is 0 Å². The Morgan fingerprint density at radius 1 is 1.42 bits per heavy atom. The van der Waals surface area contributed by atoms with Crippen molar-refractivity contribution in [1.82, 2.24) is 10.2 Å². The van der Waals surface area contributed by atoms with Crippen molar-refractivity contribution in [2.45, 2.75) is 38.6 Å². The van der Waals surface area contributed by atoms with E-state index in [1.54, 1.807) is 11.3 Å². The molecule has 1 saturated carbocycles. The molecule has 4 heteroatoms. The fraction of sp³-hybridized carbons (Fsp3) is 0.667. The molecule has 0 aromatic carbocycles. The summed E-state index contributed by atoms with van der Waals surface area (Å²) in [6.45, 7) is 3.27. The topological polar surface area (TPSA) is 27.6 Å². The molecule has 0 bridgehead atoms. The van der Waals surface area contributed by atoms with Crippen LogP contribution in [0, 0.1) is 5.41 Å². The number of aliphatic imine (C=N–C) groups is 1. The van der Waals surface area contributed by atoms with Crippen molar-refractivity contribution in [1.29, 1.82) is 0 Å². The average Bonchev–Trinajstić information content (AvgIpc) is 3.15. The van der Waals surface area contributed by atoms with Crippen LogP contribution in [0.1, 0.15) is 37.0 Å². The fourth-order valence-electron chi connectivity index (χ4n) is 3.56. The Morgan fingerprint density at radius 3 is 2.95 bits per heavy atom. The van der Waals surface area contributed by atoms with E-state index in [0.717, 1.165) is 12.5 Å². The zero-order valence-electron chi connectivity index (χ0n) is 11.7. The molecule has 19 heavy (non-hydrogen) atoms. The summed E-state index contributed by atoms with van der Waals surface area (Å²) in [7, 11) is 1.90. The molecule has 2 fully saturated rings. The van der Waals surface area contributed by atoms with Crippen LogP contribution in [0.5, 0.6) is 0 Å². The van der Waals surface area contributed by atoms with E-state index in [2.05, 4.69) is 32.7 Å². The summed E-state index contributed by atoms with van der Waals surface area (Å²) >= 11 is 1.80. The van der Waals surface area contributed by atoms with Crippen LogP contribution in [0.15, 0.2) is 22.5 Å². The molecule has 3 rings (SSSR count). The second kappa shape index (κ2) is 5.53. The molecule has 0 amide bonds. The van der Waals surface area contributed by atoms with Crippen LogP contribution in [0.25, 0.3) is 0 Å². The van der Waals surface area contributed by atoms with Crippen molar-refractivity contribution in [3.8, 4) is 0 Å². The van der Waals surface area contributed by atoms with Gasteiger partial charge in [0.1, 0.15) is 0 Å². The highest BCUT2D eigenvalue weighted by molar-refractivity contribution is 7.09. The van der Waals surface area contributed by atoms with Gasteiger partial charge in [0.05, 0.1) is 6.54 Å². The molecule has 1 aliphatic carbocycles. The zero-order valence-corrected chi connectivity index (χ0v) is 12.5. The van der Waals surface area contributed by atoms with Crippen LogP contribution in [-0.2, 0) is 6.54 Å². The summed E-state index contributed by atoms with van der Waals surface area (Å²) in [6, 6.07) is 4.28. The van der Waals surface area contributed by atoms with E-state index in [9.17, 15) is 0 Å². The lowest BCUT2D eigenvalue weighted by Gasteiger charge is -2.25. The normalized spacial score (nSPS) is 22.4. The molecule has 104 valence electrons. The van der Waals surface area contributed by atoms with E-state index < -0.39 is 0 Å². The van der Waals surface area contributed by atoms with Crippen molar-refractivity contribution in [3.05, 3.63) is 22.4 Å². The Labute approximate surface area is 119 Å². The van der Waals surface area contributed by atoms with Gasteiger partial charge in [-0.2, -0.15) is 0 Å². The Balaban J connectivity index is 1.58. The van der Waals surface area contributed by atoms with Gasteiger partial charge in [0.15, 0.2) is 5.96 Å². The minimum Gasteiger partial charge on any atom is -0.351 e. The molecule has 3 nitrogen and oxygen atoms in total. The van der Waals surface area contributed by atoms with Gasteiger partial charge < -0.3 is 10.2 Å². The molecule has 1 aromatic heterocycles. The van der Waals surface area contributed by atoms with Gasteiger partial charge in [0, 0.05) is 25.0 Å². The first-order chi connectivity index (χ1) is 9.31. The molecule has 1 aromatic rings. The van der Waals surface area contributed by atoms with Crippen LogP contribution in [0.3, 0.4) is 0 Å². The number of nitrogens with zero attached hydrogens (tertiary/aromatic N) is 2. The third-order valence-electron chi connectivity index (χ3n) is 4.61. The molecule has 2 heterocycles. The Bertz CT molecular complexity index is 432. The second-order valence-electron chi connectivity index (χ2n) is 5.86. The summed E-state index contributed by atoms with van der Waals surface area (Å²) in [6.07, 6.45) is 7.05. The Kier molecular flexibility index (Phi) is 3.78. The van der Waals surface area contributed by atoms with Gasteiger partial charge in [-0.15, -0.1) is 11.3 Å². The number of rotatable bonds is 2. The van der Waals surface area contributed by atoms with Gasteiger partial charge in [-0.05, 0) is 36.1 Å². The number of likely N-dealkylation sites (tertiary alicyclic amines) is 1. The maximum atomic E-state index is 4.46. The summed E-state index contributed by atoms with van der Waals surface area (Å²) in [5, 5.41) is 5.63. The van der Waals surface area contributed by atoms with E-state index in [1.165, 1.54) is 50.1 Å². The number of guanidine groups is 1. The highest BCUT2D eigenvalue weighted by Gasteiger charge is 2.40. The largest absolute Gasteiger partial charge is 0.351 e. The van der Waals surface area contributed by atoms with E-state index in [0.29, 0.717) is 5.41 Å². The predicted molar refractivity (Wildman–Crippen MR) is 81.6 cm³/mol. The number of hydrogen-bond donors (Lipinski definition) is 1. The first kappa shape index (κ1) is 13.0. The third kappa shape index (κ3) is 2.78. The van der Waals surface area contributed by atoms with Gasteiger partial charge in [0.25, 0.3) is 0 Å². The smallest absolute Gasteiger partial charge is 0.193 e. The number of thiophene rings is 1. The molecule has 0 radical (unpaired) electrons. The molecule has 0 unspecified atom stereocenters. The standard InChI is InChI=1S/C15H23N3S/c1-16-14(17-11-13-5-4-10-19-13)18-9-8-15(12-18)6-2-3-7-15/h4-5,10H,2-3,6-9,11-12H2,1H3,(H,16,17). The lowest BCUT2D eigenvalue weighted by atomic mass is 9.86. The van der Waals surface area contributed by atoms with Crippen molar-refractivity contribution in [2.24, 2.45) is 10.4 Å². The lowest BCUT2D eigenvalue weighted by Crippen LogP contribution is -2.40. The fourth-order valence-corrected chi connectivity index (χ4v) is 4.21. The van der Waals surface area contributed by atoms with Crippen LogP contribution >= 0.6 is 11.3 Å². The molecule has 1 saturated heterocycles. The van der Waals surface area contributed by atoms with Crippen molar-refractivity contribution < 1.29 is 0 Å². The van der Waals surface area contributed by atoms with E-state index in [4.69, 9.17) is 0 Å². The summed E-state index contributed by atoms with van der Waals surface area (Å²) in [5.74, 6) is 1.08. The monoisotopic (exact) mass is 277 g/mol. The SMILES string of the molecule is CN=C(NCc1cccs1)N1CCC2(CCCC2)C1. The Morgan fingerprint density at radius 2 is 2.26 bits per heavy atom. The average molecular weight is 277 g/mol. The lowest BCUT2D eigenvalue weighted by molar-refractivity contribution is 0.309. The van der Waals surface area contributed by atoms with E-state index >= 15 is 0 Å². The van der Waals surface area contributed by atoms with Gasteiger partial charge in [0.2, 0.25) is 0 Å². The molecule has 1 N–H and O–H groups in total. The minimum absolute atomic E-state index is 0.612. The van der Waals surface area contributed by atoms with Crippen LogP contribution in [0.4, 0.5) is 0 Å². The van der Waals surface area contributed by atoms with Crippen LogP contribution in [0.2, 0.25) is 0 Å².